The lowest BCUT2D eigenvalue weighted by atomic mass is 10.5. The zero-order chi connectivity index (χ0) is 13.2. The van der Waals surface area contributed by atoms with Gasteiger partial charge in [0, 0.05) is 6.54 Å². The first-order valence-electron chi connectivity index (χ1n) is 5.50. The summed E-state index contributed by atoms with van der Waals surface area (Å²) in [5.74, 6) is 0.367. The first kappa shape index (κ1) is 13.0. The van der Waals surface area contributed by atoms with E-state index in [4.69, 9.17) is 10.5 Å². The summed E-state index contributed by atoms with van der Waals surface area (Å²) in [5, 5.41) is 0. The molecule has 2 rings (SSSR count). The molecule has 2 heterocycles. The van der Waals surface area contributed by atoms with Crippen LogP contribution in [0.15, 0.2) is 12.7 Å². The van der Waals surface area contributed by atoms with E-state index >= 15 is 0 Å². The zero-order valence-electron chi connectivity index (χ0n) is 10.4. The summed E-state index contributed by atoms with van der Waals surface area (Å²) in [6.45, 7) is 4.45. The molecule has 0 spiro atoms. The third kappa shape index (κ3) is 3.05. The molecule has 0 aliphatic heterocycles. The number of hydrogen-bond donors (Lipinski definition) is 1. The van der Waals surface area contributed by atoms with Crippen LogP contribution in [0, 0.1) is 0 Å². The highest BCUT2D eigenvalue weighted by atomic mass is 31.2. The van der Waals surface area contributed by atoms with Crippen LogP contribution in [0.2, 0.25) is 0 Å². The van der Waals surface area contributed by atoms with Crippen LogP contribution in [0.5, 0.6) is 0 Å². The third-order valence-electron chi connectivity index (χ3n) is 2.31. The Hall–Kier alpha value is -1.46. The fourth-order valence-corrected chi connectivity index (χ4v) is 2.08. The van der Waals surface area contributed by atoms with Gasteiger partial charge in [-0.3, -0.25) is 0 Å². The molecule has 0 unspecified atom stereocenters. The molecule has 0 aliphatic carbocycles. The van der Waals surface area contributed by atoms with Gasteiger partial charge in [0.05, 0.1) is 19.3 Å². The normalized spacial score (nSPS) is 12.1. The molecule has 18 heavy (non-hydrogen) atoms. The van der Waals surface area contributed by atoms with Gasteiger partial charge in [-0.15, -0.1) is 0 Å². The van der Waals surface area contributed by atoms with Crippen LogP contribution in [0.4, 0.5) is 5.82 Å². The van der Waals surface area contributed by atoms with Crippen molar-refractivity contribution < 1.29 is 9.30 Å². The van der Waals surface area contributed by atoms with E-state index in [0.29, 0.717) is 30.1 Å². The number of aromatic nitrogens is 4. The van der Waals surface area contributed by atoms with Crippen LogP contribution < -0.4 is 5.73 Å². The topological polar surface area (TPSA) is 95.9 Å². The number of rotatable bonds is 5. The minimum atomic E-state index is -2.12. The van der Waals surface area contributed by atoms with Gasteiger partial charge in [-0.05, 0) is 13.3 Å². The number of anilines is 1. The summed E-state index contributed by atoms with van der Waals surface area (Å²) in [6.07, 6.45) is 3.34. The van der Waals surface area contributed by atoms with Gasteiger partial charge in [0.2, 0.25) is 0 Å². The van der Waals surface area contributed by atoms with Gasteiger partial charge >= 0.3 is 0 Å². The van der Waals surface area contributed by atoms with Crippen LogP contribution in [0.3, 0.4) is 0 Å². The van der Waals surface area contributed by atoms with Crippen molar-refractivity contribution in [1.82, 2.24) is 19.5 Å². The highest BCUT2D eigenvalue weighted by Crippen LogP contribution is 2.35. The van der Waals surface area contributed by atoms with Gasteiger partial charge in [0.25, 0.3) is 0 Å². The second-order valence-corrected chi connectivity index (χ2v) is 7.89. The van der Waals surface area contributed by atoms with Crippen molar-refractivity contribution in [3.63, 3.8) is 0 Å². The zero-order valence-corrected chi connectivity index (χ0v) is 11.3. The molecular weight excluding hydrogens is 253 g/mol. The maximum absolute atomic E-state index is 11.5. The Morgan fingerprint density at radius 1 is 1.39 bits per heavy atom. The largest absolute Gasteiger partial charge is 0.382 e. The lowest BCUT2D eigenvalue weighted by Gasteiger charge is -2.08. The average molecular weight is 269 g/mol. The molecule has 0 amide bonds. The van der Waals surface area contributed by atoms with Gasteiger partial charge in [0.1, 0.15) is 19.0 Å². The Kier molecular flexibility index (Phi) is 3.63. The summed E-state index contributed by atoms with van der Waals surface area (Å²) in [5.41, 5.74) is 6.96. The molecule has 7 nitrogen and oxygen atoms in total. The quantitative estimate of drug-likeness (QED) is 0.642. The van der Waals surface area contributed by atoms with Gasteiger partial charge < -0.3 is 19.6 Å². The molecular formula is C10H16N5O2P. The molecule has 0 saturated heterocycles. The summed E-state index contributed by atoms with van der Waals surface area (Å²) in [6, 6.07) is 0. The Morgan fingerprint density at radius 3 is 2.89 bits per heavy atom. The number of nitrogens with two attached hydrogens (primary N) is 1. The predicted octanol–water partition coefficient (Wildman–Crippen LogP) is 1.01. The lowest BCUT2D eigenvalue weighted by Crippen LogP contribution is -2.06. The summed E-state index contributed by atoms with van der Waals surface area (Å²) < 4.78 is 18.7. The molecule has 0 bridgehead atoms. The molecule has 0 atom stereocenters. The predicted molar refractivity (Wildman–Crippen MR) is 70.0 cm³/mol. The Labute approximate surface area is 105 Å². The van der Waals surface area contributed by atoms with Crippen molar-refractivity contribution in [2.45, 2.75) is 6.54 Å². The maximum atomic E-state index is 11.5. The standard InChI is InChI=1S/C10H16N5O2P/c1-18(2,16)7-17-4-3-15-6-14-8-9(11)12-5-13-10(8)15/h5-6H,3-4,7H2,1-2H3,(H2,11,12,13). The Bertz CT molecular complexity index is 591. The van der Waals surface area contributed by atoms with E-state index in [-0.39, 0.29) is 6.35 Å². The van der Waals surface area contributed by atoms with Crippen LogP contribution in [-0.4, -0.2) is 45.8 Å². The first-order valence-corrected chi connectivity index (χ1v) is 8.29. The van der Waals surface area contributed by atoms with Crippen molar-refractivity contribution in [2.75, 3.05) is 32.0 Å². The molecule has 98 valence electrons. The van der Waals surface area contributed by atoms with E-state index in [1.54, 1.807) is 19.7 Å². The van der Waals surface area contributed by atoms with E-state index in [0.717, 1.165) is 0 Å². The smallest absolute Gasteiger partial charge is 0.165 e. The van der Waals surface area contributed by atoms with Crippen molar-refractivity contribution in [1.29, 1.82) is 0 Å². The van der Waals surface area contributed by atoms with Crippen LogP contribution >= 0.6 is 7.14 Å². The van der Waals surface area contributed by atoms with Crippen molar-refractivity contribution in [3.05, 3.63) is 12.7 Å². The van der Waals surface area contributed by atoms with E-state index in [2.05, 4.69) is 15.0 Å². The molecule has 0 saturated carbocycles. The Balaban J connectivity index is 2.00. The minimum absolute atomic E-state index is 0.288. The second kappa shape index (κ2) is 5.04. The van der Waals surface area contributed by atoms with Gasteiger partial charge in [0.15, 0.2) is 11.5 Å². The number of nitrogen functional groups attached to an aromatic ring is 1. The molecule has 0 radical (unpaired) electrons. The van der Waals surface area contributed by atoms with Crippen LogP contribution in [0.25, 0.3) is 11.2 Å². The molecule has 0 aromatic carbocycles. The fourth-order valence-electron chi connectivity index (χ4n) is 1.51. The van der Waals surface area contributed by atoms with Crippen molar-refractivity contribution in [3.8, 4) is 0 Å². The van der Waals surface area contributed by atoms with Crippen molar-refractivity contribution in [2.24, 2.45) is 0 Å². The average Bonchev–Trinajstić information content (AvgIpc) is 2.68. The molecule has 0 aliphatic rings. The number of imidazole rings is 1. The minimum Gasteiger partial charge on any atom is -0.382 e. The second-order valence-electron chi connectivity index (χ2n) is 4.48. The highest BCUT2D eigenvalue weighted by Gasteiger charge is 2.09. The van der Waals surface area contributed by atoms with Gasteiger partial charge in [-0.25, -0.2) is 15.0 Å². The third-order valence-corrected chi connectivity index (χ3v) is 3.11. The van der Waals surface area contributed by atoms with Gasteiger partial charge in [-0.1, -0.05) is 0 Å². The van der Waals surface area contributed by atoms with E-state index in [1.807, 2.05) is 4.57 Å². The molecule has 2 aromatic heterocycles. The summed E-state index contributed by atoms with van der Waals surface area (Å²) in [4.78, 5) is 12.1. The molecule has 0 fully saturated rings. The number of fused-ring (bicyclic) bond motifs is 1. The number of hydrogen-bond acceptors (Lipinski definition) is 6. The summed E-state index contributed by atoms with van der Waals surface area (Å²) in [7, 11) is -2.12. The molecule has 2 aromatic rings. The summed E-state index contributed by atoms with van der Waals surface area (Å²) >= 11 is 0. The maximum Gasteiger partial charge on any atom is 0.165 e. The molecule has 8 heteroatoms. The first-order chi connectivity index (χ1) is 8.47. The molecule has 2 N–H and O–H groups in total. The fraction of sp³-hybridized carbons (Fsp3) is 0.500. The lowest BCUT2D eigenvalue weighted by molar-refractivity contribution is 0.167. The monoisotopic (exact) mass is 269 g/mol. The van der Waals surface area contributed by atoms with E-state index in [9.17, 15) is 4.57 Å². The number of ether oxygens (including phenoxy) is 1. The van der Waals surface area contributed by atoms with Gasteiger partial charge in [-0.2, -0.15) is 0 Å². The SMILES string of the molecule is CP(C)(=O)COCCn1cnc2c(N)ncnc21. The Morgan fingerprint density at radius 2 is 2.17 bits per heavy atom. The van der Waals surface area contributed by atoms with E-state index in [1.165, 1.54) is 6.33 Å². The van der Waals surface area contributed by atoms with E-state index < -0.39 is 7.14 Å². The van der Waals surface area contributed by atoms with Crippen LogP contribution in [-0.2, 0) is 15.8 Å². The van der Waals surface area contributed by atoms with Crippen LogP contribution in [0.1, 0.15) is 0 Å². The number of nitrogens with zero attached hydrogens (tertiary/aromatic N) is 4. The van der Waals surface area contributed by atoms with Crippen molar-refractivity contribution >= 4 is 24.1 Å². The highest BCUT2D eigenvalue weighted by molar-refractivity contribution is 7.62.